The van der Waals surface area contributed by atoms with Crippen LogP contribution in [0.5, 0.6) is 0 Å². The first kappa shape index (κ1) is 18.9. The van der Waals surface area contributed by atoms with Gasteiger partial charge in [0.05, 0.1) is 18.7 Å². The third-order valence-electron chi connectivity index (χ3n) is 6.60. The van der Waals surface area contributed by atoms with Crippen molar-refractivity contribution in [3.05, 3.63) is 11.6 Å². The molecule has 150 valence electrons. The molecular formula is C20H33N5O2. The number of nitrogens with zero attached hydrogens (tertiary/aromatic N) is 5. The molecule has 0 spiro atoms. The van der Waals surface area contributed by atoms with E-state index in [4.69, 9.17) is 0 Å². The summed E-state index contributed by atoms with van der Waals surface area (Å²) in [6.07, 6.45) is 7.37. The van der Waals surface area contributed by atoms with Crippen LogP contribution in [-0.2, 0) is 17.9 Å². The molecule has 0 radical (unpaired) electrons. The summed E-state index contributed by atoms with van der Waals surface area (Å²) in [4.78, 5) is 17.0. The lowest BCUT2D eigenvalue weighted by Gasteiger charge is -2.32. The summed E-state index contributed by atoms with van der Waals surface area (Å²) in [5.74, 6) is 2.69. The molecule has 1 aromatic heterocycles. The van der Waals surface area contributed by atoms with E-state index >= 15 is 0 Å². The maximum absolute atomic E-state index is 12.8. The lowest BCUT2D eigenvalue weighted by Crippen LogP contribution is -2.40. The van der Waals surface area contributed by atoms with E-state index in [1.807, 2.05) is 4.90 Å². The molecule has 0 bridgehead atoms. The van der Waals surface area contributed by atoms with Crippen LogP contribution >= 0.6 is 0 Å². The Kier molecular flexibility index (Phi) is 5.50. The number of carbonyl (C=O) groups is 1. The standard InChI is InChI=1S/C20H33N5O2/c1-14(2)25-12-16(26)11-17(25)20-22-21-18-13-23(8-9-24(18)20)19(27)10-15-6-4-3-5-7-15/h14-17,26H,3-13H2,1-2H3/t16-,17+/m1/s1. The van der Waals surface area contributed by atoms with E-state index in [1.54, 1.807) is 0 Å². The van der Waals surface area contributed by atoms with E-state index in [9.17, 15) is 9.90 Å². The Morgan fingerprint density at radius 2 is 1.96 bits per heavy atom. The molecule has 0 aromatic carbocycles. The Balaban J connectivity index is 1.43. The fraction of sp³-hybridized carbons (Fsp3) is 0.850. The van der Waals surface area contributed by atoms with Gasteiger partial charge in [0.15, 0.2) is 11.6 Å². The number of amides is 1. The lowest BCUT2D eigenvalue weighted by molar-refractivity contribution is -0.134. The van der Waals surface area contributed by atoms with E-state index in [2.05, 4.69) is 33.5 Å². The van der Waals surface area contributed by atoms with Gasteiger partial charge in [-0.05, 0) is 39.0 Å². The number of β-amino-alcohol motifs (C(OH)–C–C–N with tert-alkyl or cyclic N) is 1. The zero-order chi connectivity index (χ0) is 19.0. The predicted molar refractivity (Wildman–Crippen MR) is 102 cm³/mol. The second-order valence-corrected chi connectivity index (χ2v) is 8.85. The Hall–Kier alpha value is -1.47. The monoisotopic (exact) mass is 375 g/mol. The molecule has 7 heteroatoms. The molecule has 7 nitrogen and oxygen atoms in total. The smallest absolute Gasteiger partial charge is 0.223 e. The van der Waals surface area contributed by atoms with E-state index in [0.29, 0.717) is 37.9 Å². The number of aliphatic hydroxyl groups is 1. The van der Waals surface area contributed by atoms with Crippen LogP contribution in [0.2, 0.25) is 0 Å². The van der Waals surface area contributed by atoms with Crippen molar-refractivity contribution in [3.8, 4) is 0 Å². The molecule has 1 N–H and O–H groups in total. The minimum atomic E-state index is -0.303. The Morgan fingerprint density at radius 3 is 2.70 bits per heavy atom. The Labute approximate surface area is 161 Å². The van der Waals surface area contributed by atoms with Gasteiger partial charge in [0.1, 0.15) is 0 Å². The molecule has 27 heavy (non-hydrogen) atoms. The first-order valence-corrected chi connectivity index (χ1v) is 10.7. The predicted octanol–water partition coefficient (Wildman–Crippen LogP) is 2.11. The average molecular weight is 376 g/mol. The summed E-state index contributed by atoms with van der Waals surface area (Å²) in [7, 11) is 0. The number of aliphatic hydroxyl groups excluding tert-OH is 1. The first-order valence-electron chi connectivity index (χ1n) is 10.7. The van der Waals surface area contributed by atoms with Crippen molar-refractivity contribution in [2.75, 3.05) is 13.1 Å². The van der Waals surface area contributed by atoms with Gasteiger partial charge in [0.25, 0.3) is 0 Å². The van der Waals surface area contributed by atoms with Gasteiger partial charge in [0.2, 0.25) is 5.91 Å². The molecule has 1 saturated heterocycles. The largest absolute Gasteiger partial charge is 0.392 e. The van der Waals surface area contributed by atoms with Crippen molar-refractivity contribution in [2.45, 2.75) is 90.1 Å². The molecule has 3 heterocycles. The van der Waals surface area contributed by atoms with Gasteiger partial charge in [-0.25, -0.2) is 0 Å². The third kappa shape index (κ3) is 3.90. The van der Waals surface area contributed by atoms with Crippen LogP contribution in [0.15, 0.2) is 0 Å². The number of hydrogen-bond donors (Lipinski definition) is 1. The Bertz CT molecular complexity index is 667. The minimum Gasteiger partial charge on any atom is -0.392 e. The zero-order valence-corrected chi connectivity index (χ0v) is 16.7. The van der Waals surface area contributed by atoms with Crippen LogP contribution in [-0.4, -0.2) is 60.8 Å². The molecule has 2 aliphatic heterocycles. The van der Waals surface area contributed by atoms with E-state index in [0.717, 1.165) is 24.7 Å². The summed E-state index contributed by atoms with van der Waals surface area (Å²) in [6.45, 7) is 7.06. The molecule has 4 rings (SSSR count). The van der Waals surface area contributed by atoms with Crippen molar-refractivity contribution < 1.29 is 9.90 Å². The van der Waals surface area contributed by atoms with Gasteiger partial charge in [-0.15, -0.1) is 10.2 Å². The minimum absolute atomic E-state index is 0.116. The summed E-state index contributed by atoms with van der Waals surface area (Å²) < 4.78 is 2.18. The summed E-state index contributed by atoms with van der Waals surface area (Å²) in [5.41, 5.74) is 0. The molecule has 1 amide bonds. The summed E-state index contributed by atoms with van der Waals surface area (Å²) in [6, 6.07) is 0.475. The van der Waals surface area contributed by atoms with Crippen molar-refractivity contribution in [1.29, 1.82) is 0 Å². The second kappa shape index (κ2) is 7.87. The zero-order valence-electron chi connectivity index (χ0n) is 16.7. The fourth-order valence-electron chi connectivity index (χ4n) is 5.07. The van der Waals surface area contributed by atoms with Crippen LogP contribution in [0.4, 0.5) is 0 Å². The van der Waals surface area contributed by atoms with Crippen LogP contribution < -0.4 is 0 Å². The molecule has 1 aliphatic carbocycles. The number of carbonyl (C=O) groups excluding carboxylic acids is 1. The van der Waals surface area contributed by atoms with E-state index in [1.165, 1.54) is 32.1 Å². The van der Waals surface area contributed by atoms with Gasteiger partial charge in [-0.1, -0.05) is 19.3 Å². The number of hydrogen-bond acceptors (Lipinski definition) is 5. The topological polar surface area (TPSA) is 74.5 Å². The van der Waals surface area contributed by atoms with Crippen LogP contribution in [0.1, 0.15) is 76.5 Å². The highest BCUT2D eigenvalue weighted by atomic mass is 16.3. The maximum atomic E-state index is 12.8. The van der Waals surface area contributed by atoms with Crippen LogP contribution in [0.3, 0.4) is 0 Å². The molecule has 0 unspecified atom stereocenters. The van der Waals surface area contributed by atoms with Gasteiger partial charge in [-0.2, -0.15) is 0 Å². The first-order chi connectivity index (χ1) is 13.0. The lowest BCUT2D eigenvalue weighted by atomic mass is 9.86. The van der Waals surface area contributed by atoms with E-state index in [-0.39, 0.29) is 18.1 Å². The molecule has 3 aliphatic rings. The maximum Gasteiger partial charge on any atom is 0.223 e. The third-order valence-corrected chi connectivity index (χ3v) is 6.60. The van der Waals surface area contributed by atoms with Crippen molar-refractivity contribution in [2.24, 2.45) is 5.92 Å². The van der Waals surface area contributed by atoms with Gasteiger partial charge in [0, 0.05) is 32.1 Å². The van der Waals surface area contributed by atoms with Crippen LogP contribution in [0, 0.1) is 5.92 Å². The highest BCUT2D eigenvalue weighted by molar-refractivity contribution is 5.76. The van der Waals surface area contributed by atoms with E-state index < -0.39 is 0 Å². The van der Waals surface area contributed by atoms with Gasteiger partial charge in [-0.3, -0.25) is 9.69 Å². The molecule has 2 fully saturated rings. The average Bonchev–Trinajstić information content (AvgIpc) is 3.25. The van der Waals surface area contributed by atoms with Gasteiger partial charge < -0.3 is 14.6 Å². The summed E-state index contributed by atoms with van der Waals surface area (Å²) in [5, 5.41) is 19.0. The number of rotatable bonds is 4. The number of aromatic nitrogens is 3. The second-order valence-electron chi connectivity index (χ2n) is 8.85. The highest BCUT2D eigenvalue weighted by Gasteiger charge is 2.38. The SMILES string of the molecule is CC(C)N1C[C@H](O)C[C@H]1c1nnc2n1CCN(C(=O)CC1CCCCC1)C2. The quantitative estimate of drug-likeness (QED) is 0.872. The van der Waals surface area contributed by atoms with Crippen LogP contribution in [0.25, 0.3) is 0 Å². The molecule has 1 aromatic rings. The Morgan fingerprint density at radius 1 is 1.19 bits per heavy atom. The number of fused-ring (bicyclic) bond motifs is 1. The fourth-order valence-corrected chi connectivity index (χ4v) is 5.07. The molecule has 1 saturated carbocycles. The van der Waals surface area contributed by atoms with Gasteiger partial charge >= 0.3 is 0 Å². The van der Waals surface area contributed by atoms with Crippen molar-refractivity contribution >= 4 is 5.91 Å². The normalized spacial score (nSPS) is 27.3. The molecular weight excluding hydrogens is 342 g/mol. The highest BCUT2D eigenvalue weighted by Crippen LogP contribution is 2.34. The van der Waals surface area contributed by atoms with Crippen molar-refractivity contribution in [1.82, 2.24) is 24.6 Å². The van der Waals surface area contributed by atoms with Crippen molar-refractivity contribution in [3.63, 3.8) is 0 Å². The number of likely N-dealkylation sites (tertiary alicyclic amines) is 1. The molecule has 2 atom stereocenters. The summed E-state index contributed by atoms with van der Waals surface area (Å²) >= 11 is 0.